The molecule has 1 N–H and O–H groups in total. The minimum Gasteiger partial charge on any atom is -0.380 e. The lowest BCUT2D eigenvalue weighted by Crippen LogP contribution is -2.57. The van der Waals surface area contributed by atoms with Gasteiger partial charge in [0.05, 0.1) is 6.61 Å². The van der Waals surface area contributed by atoms with Crippen LogP contribution in [-0.4, -0.2) is 49.3 Å². The molecule has 0 aliphatic carbocycles. The van der Waals surface area contributed by atoms with Gasteiger partial charge in [-0.15, -0.1) is 0 Å². The number of hydrogen-bond donors (Lipinski definition) is 1. The van der Waals surface area contributed by atoms with Crippen LogP contribution in [-0.2, 0) is 4.74 Å². The Morgan fingerprint density at radius 3 is 2.53 bits per heavy atom. The maximum absolute atomic E-state index is 5.69. The van der Waals surface area contributed by atoms with Crippen LogP contribution >= 0.6 is 0 Å². The van der Waals surface area contributed by atoms with E-state index in [2.05, 4.69) is 44.8 Å². The summed E-state index contributed by atoms with van der Waals surface area (Å²) in [6.45, 7) is 15.4. The van der Waals surface area contributed by atoms with Crippen LogP contribution in [0.1, 0.15) is 41.0 Å². The summed E-state index contributed by atoms with van der Waals surface area (Å²) in [4.78, 5) is 2.61. The van der Waals surface area contributed by atoms with Gasteiger partial charge in [-0.2, -0.15) is 0 Å². The Morgan fingerprint density at radius 1 is 1.29 bits per heavy atom. The number of likely N-dealkylation sites (N-methyl/N-ethyl adjacent to an activating group) is 1. The van der Waals surface area contributed by atoms with Gasteiger partial charge >= 0.3 is 0 Å². The minimum absolute atomic E-state index is 0.533. The molecule has 1 aliphatic heterocycles. The second kappa shape index (κ2) is 7.34. The highest BCUT2D eigenvalue weighted by molar-refractivity contribution is 4.88. The molecule has 0 aromatic carbocycles. The molecule has 1 fully saturated rings. The average molecular weight is 242 g/mol. The third-order valence-electron chi connectivity index (χ3n) is 3.46. The van der Waals surface area contributed by atoms with Gasteiger partial charge in [0.25, 0.3) is 0 Å². The SMILES string of the molecule is CCNC1CCOCC1N(CC(C)C)C(C)C. The quantitative estimate of drug-likeness (QED) is 0.772. The van der Waals surface area contributed by atoms with Crippen molar-refractivity contribution in [2.24, 2.45) is 5.92 Å². The van der Waals surface area contributed by atoms with E-state index in [0.717, 1.165) is 32.7 Å². The molecule has 3 heteroatoms. The molecule has 0 saturated carbocycles. The highest BCUT2D eigenvalue weighted by Crippen LogP contribution is 2.18. The number of rotatable bonds is 6. The van der Waals surface area contributed by atoms with E-state index in [1.54, 1.807) is 0 Å². The molecule has 0 amide bonds. The van der Waals surface area contributed by atoms with Crippen molar-refractivity contribution in [3.05, 3.63) is 0 Å². The lowest BCUT2D eigenvalue weighted by Gasteiger charge is -2.43. The summed E-state index contributed by atoms with van der Waals surface area (Å²) in [5.74, 6) is 0.710. The molecule has 0 aromatic rings. The first-order chi connectivity index (χ1) is 8.06. The van der Waals surface area contributed by atoms with Gasteiger partial charge in [-0.25, -0.2) is 0 Å². The van der Waals surface area contributed by atoms with Gasteiger partial charge in [-0.3, -0.25) is 4.90 Å². The molecule has 17 heavy (non-hydrogen) atoms. The number of ether oxygens (including phenoxy) is 1. The fourth-order valence-electron chi connectivity index (χ4n) is 2.70. The van der Waals surface area contributed by atoms with Gasteiger partial charge in [-0.05, 0) is 32.7 Å². The Bertz CT molecular complexity index is 204. The van der Waals surface area contributed by atoms with Gasteiger partial charge in [-0.1, -0.05) is 20.8 Å². The Labute approximate surface area is 107 Å². The molecule has 3 nitrogen and oxygen atoms in total. The molecule has 1 heterocycles. The van der Waals surface area contributed by atoms with E-state index in [1.165, 1.54) is 0 Å². The molecule has 2 unspecified atom stereocenters. The molecule has 102 valence electrons. The Morgan fingerprint density at radius 2 is 2.00 bits per heavy atom. The maximum atomic E-state index is 5.69. The summed E-state index contributed by atoms with van der Waals surface area (Å²) in [6.07, 6.45) is 1.14. The van der Waals surface area contributed by atoms with E-state index >= 15 is 0 Å². The minimum atomic E-state index is 0.533. The third kappa shape index (κ3) is 4.57. The molecule has 0 radical (unpaired) electrons. The first-order valence-electron chi connectivity index (χ1n) is 7.13. The summed E-state index contributed by atoms with van der Waals surface area (Å²) < 4.78 is 5.69. The number of nitrogens with one attached hydrogen (secondary N) is 1. The second-order valence-electron chi connectivity index (χ2n) is 5.78. The zero-order chi connectivity index (χ0) is 12.8. The predicted octanol–water partition coefficient (Wildman–Crippen LogP) is 2.12. The maximum Gasteiger partial charge on any atom is 0.0637 e. The Kier molecular flexibility index (Phi) is 6.45. The summed E-state index contributed by atoms with van der Waals surface area (Å²) in [5, 5.41) is 3.62. The van der Waals surface area contributed by atoms with Crippen molar-refractivity contribution in [2.45, 2.75) is 59.2 Å². The topological polar surface area (TPSA) is 24.5 Å². The molecule has 0 aromatic heterocycles. The second-order valence-corrected chi connectivity index (χ2v) is 5.78. The van der Waals surface area contributed by atoms with Crippen molar-refractivity contribution in [1.82, 2.24) is 10.2 Å². The lowest BCUT2D eigenvalue weighted by atomic mass is 9.99. The standard InChI is InChI=1S/C14H30N2O/c1-6-15-13-7-8-17-10-14(13)16(12(4)5)9-11(2)3/h11-15H,6-10H2,1-5H3. The fourth-order valence-corrected chi connectivity index (χ4v) is 2.70. The largest absolute Gasteiger partial charge is 0.380 e. The van der Waals surface area contributed by atoms with Crippen LogP contribution in [0.25, 0.3) is 0 Å². The van der Waals surface area contributed by atoms with E-state index in [9.17, 15) is 0 Å². The molecule has 2 atom stereocenters. The predicted molar refractivity (Wildman–Crippen MR) is 73.4 cm³/mol. The van der Waals surface area contributed by atoms with Crippen LogP contribution in [0.5, 0.6) is 0 Å². The first-order valence-corrected chi connectivity index (χ1v) is 7.13. The van der Waals surface area contributed by atoms with Crippen molar-refractivity contribution in [2.75, 3.05) is 26.3 Å². The van der Waals surface area contributed by atoms with E-state index in [4.69, 9.17) is 4.74 Å². The van der Waals surface area contributed by atoms with Crippen molar-refractivity contribution < 1.29 is 4.74 Å². The zero-order valence-corrected chi connectivity index (χ0v) is 12.2. The molecule has 1 saturated heterocycles. The molecule has 0 spiro atoms. The molecular weight excluding hydrogens is 212 g/mol. The van der Waals surface area contributed by atoms with Crippen LogP contribution in [0.15, 0.2) is 0 Å². The summed E-state index contributed by atoms with van der Waals surface area (Å²) >= 11 is 0. The van der Waals surface area contributed by atoms with E-state index in [-0.39, 0.29) is 0 Å². The summed E-state index contributed by atoms with van der Waals surface area (Å²) in [7, 11) is 0. The summed E-state index contributed by atoms with van der Waals surface area (Å²) in [5.41, 5.74) is 0. The highest BCUT2D eigenvalue weighted by Gasteiger charge is 2.31. The third-order valence-corrected chi connectivity index (χ3v) is 3.46. The van der Waals surface area contributed by atoms with Crippen LogP contribution in [0, 0.1) is 5.92 Å². The van der Waals surface area contributed by atoms with Crippen molar-refractivity contribution in [3.63, 3.8) is 0 Å². The highest BCUT2D eigenvalue weighted by atomic mass is 16.5. The molecule has 1 rings (SSSR count). The number of hydrogen-bond acceptors (Lipinski definition) is 3. The van der Waals surface area contributed by atoms with E-state index in [1.807, 2.05) is 0 Å². The van der Waals surface area contributed by atoms with Crippen LogP contribution < -0.4 is 5.32 Å². The zero-order valence-electron chi connectivity index (χ0n) is 12.2. The van der Waals surface area contributed by atoms with Crippen LogP contribution in [0.3, 0.4) is 0 Å². The average Bonchev–Trinajstić information content (AvgIpc) is 2.27. The van der Waals surface area contributed by atoms with Gasteiger partial charge in [0.2, 0.25) is 0 Å². The van der Waals surface area contributed by atoms with Crippen molar-refractivity contribution in [1.29, 1.82) is 0 Å². The summed E-state index contributed by atoms with van der Waals surface area (Å²) in [6, 6.07) is 1.71. The van der Waals surface area contributed by atoms with Crippen LogP contribution in [0.2, 0.25) is 0 Å². The van der Waals surface area contributed by atoms with Gasteiger partial charge in [0, 0.05) is 31.3 Å². The molecular formula is C14H30N2O. The van der Waals surface area contributed by atoms with E-state index in [0.29, 0.717) is 24.0 Å². The monoisotopic (exact) mass is 242 g/mol. The Balaban J connectivity index is 2.67. The van der Waals surface area contributed by atoms with Gasteiger partial charge in [0.15, 0.2) is 0 Å². The van der Waals surface area contributed by atoms with Crippen molar-refractivity contribution in [3.8, 4) is 0 Å². The van der Waals surface area contributed by atoms with Crippen molar-refractivity contribution >= 4 is 0 Å². The Hall–Kier alpha value is -0.120. The fraction of sp³-hybridized carbons (Fsp3) is 1.00. The normalized spacial score (nSPS) is 26.1. The lowest BCUT2D eigenvalue weighted by molar-refractivity contribution is -0.0184. The van der Waals surface area contributed by atoms with Gasteiger partial charge in [0.1, 0.15) is 0 Å². The smallest absolute Gasteiger partial charge is 0.0637 e. The van der Waals surface area contributed by atoms with Crippen LogP contribution in [0.4, 0.5) is 0 Å². The first kappa shape index (κ1) is 14.9. The van der Waals surface area contributed by atoms with E-state index < -0.39 is 0 Å². The van der Waals surface area contributed by atoms with Gasteiger partial charge < -0.3 is 10.1 Å². The number of nitrogens with zero attached hydrogens (tertiary/aromatic N) is 1. The molecule has 1 aliphatic rings. The molecule has 0 bridgehead atoms.